The standard InChI is InChI=1S/C18H22N2O2S/c1-12-8-15(22-14-6-4-3-5-7-14)9-16(19-12)17(21)10-18-20-13(2)11-23-18/h8-9,11,14H,3-7,10H2,1-2H3. The molecular weight excluding hydrogens is 308 g/mol. The van der Waals surface area contributed by atoms with Gasteiger partial charge in [0.05, 0.1) is 12.5 Å². The molecule has 2 aromatic heterocycles. The van der Waals surface area contributed by atoms with Crippen molar-refractivity contribution in [1.82, 2.24) is 9.97 Å². The second-order valence-corrected chi connectivity index (χ2v) is 7.13. The fraction of sp³-hybridized carbons (Fsp3) is 0.500. The second-order valence-electron chi connectivity index (χ2n) is 6.19. The van der Waals surface area contributed by atoms with Gasteiger partial charge in [-0.2, -0.15) is 0 Å². The first-order valence-corrected chi connectivity index (χ1v) is 9.07. The predicted octanol–water partition coefficient (Wildman–Crippen LogP) is 4.29. The third kappa shape index (κ3) is 4.38. The summed E-state index contributed by atoms with van der Waals surface area (Å²) in [6.07, 6.45) is 6.53. The van der Waals surface area contributed by atoms with Gasteiger partial charge in [-0.15, -0.1) is 11.3 Å². The lowest BCUT2D eigenvalue weighted by Crippen LogP contribution is -2.20. The molecule has 0 unspecified atom stereocenters. The molecule has 3 rings (SSSR count). The van der Waals surface area contributed by atoms with Crippen molar-refractivity contribution >= 4 is 17.1 Å². The maximum atomic E-state index is 12.5. The van der Waals surface area contributed by atoms with E-state index in [0.29, 0.717) is 12.1 Å². The van der Waals surface area contributed by atoms with Gasteiger partial charge in [-0.25, -0.2) is 9.97 Å². The largest absolute Gasteiger partial charge is 0.490 e. The van der Waals surface area contributed by atoms with Crippen molar-refractivity contribution in [2.24, 2.45) is 0 Å². The summed E-state index contributed by atoms with van der Waals surface area (Å²) < 4.78 is 6.08. The molecule has 122 valence electrons. The van der Waals surface area contributed by atoms with Gasteiger partial charge in [-0.3, -0.25) is 4.79 Å². The van der Waals surface area contributed by atoms with Crippen molar-refractivity contribution < 1.29 is 9.53 Å². The van der Waals surface area contributed by atoms with Crippen LogP contribution in [0.5, 0.6) is 5.75 Å². The van der Waals surface area contributed by atoms with E-state index in [-0.39, 0.29) is 11.9 Å². The lowest BCUT2D eigenvalue weighted by Gasteiger charge is -2.23. The number of ether oxygens (including phenoxy) is 1. The van der Waals surface area contributed by atoms with Crippen LogP contribution in [-0.4, -0.2) is 21.9 Å². The summed E-state index contributed by atoms with van der Waals surface area (Å²) in [6.45, 7) is 3.84. The normalized spacial score (nSPS) is 15.6. The van der Waals surface area contributed by atoms with Gasteiger partial charge in [0.2, 0.25) is 0 Å². The van der Waals surface area contributed by atoms with E-state index in [1.54, 1.807) is 6.07 Å². The number of carbonyl (C=O) groups excluding carboxylic acids is 1. The number of ketones is 1. The van der Waals surface area contributed by atoms with Gasteiger partial charge < -0.3 is 4.74 Å². The predicted molar refractivity (Wildman–Crippen MR) is 91.4 cm³/mol. The van der Waals surface area contributed by atoms with Crippen molar-refractivity contribution in [3.05, 3.63) is 39.6 Å². The van der Waals surface area contributed by atoms with Crippen molar-refractivity contribution in [3.8, 4) is 5.75 Å². The number of Topliss-reactive ketones (excluding diaryl/α,β-unsaturated/α-hetero) is 1. The minimum atomic E-state index is -0.00320. The smallest absolute Gasteiger partial charge is 0.188 e. The summed E-state index contributed by atoms with van der Waals surface area (Å²) in [5, 5.41) is 2.80. The van der Waals surface area contributed by atoms with Crippen LogP contribution in [0, 0.1) is 13.8 Å². The molecular formula is C18H22N2O2S. The molecule has 0 amide bonds. The number of rotatable bonds is 5. The zero-order chi connectivity index (χ0) is 16.2. The molecule has 0 N–H and O–H groups in total. The zero-order valence-corrected chi connectivity index (χ0v) is 14.5. The Morgan fingerprint density at radius 3 is 2.65 bits per heavy atom. The second kappa shape index (κ2) is 7.21. The molecule has 0 spiro atoms. The van der Waals surface area contributed by atoms with Crippen LogP contribution in [0.4, 0.5) is 0 Å². The number of nitrogens with zero attached hydrogens (tertiary/aromatic N) is 2. The van der Waals surface area contributed by atoms with E-state index in [0.717, 1.165) is 35.0 Å². The van der Waals surface area contributed by atoms with Crippen LogP contribution in [0.25, 0.3) is 0 Å². The molecule has 0 atom stereocenters. The van der Waals surface area contributed by atoms with E-state index < -0.39 is 0 Å². The van der Waals surface area contributed by atoms with Crippen LogP contribution in [-0.2, 0) is 6.42 Å². The molecule has 0 saturated heterocycles. The molecule has 1 saturated carbocycles. The summed E-state index contributed by atoms with van der Waals surface area (Å²) in [6, 6.07) is 3.70. The molecule has 4 nitrogen and oxygen atoms in total. The number of hydrogen-bond donors (Lipinski definition) is 0. The molecule has 23 heavy (non-hydrogen) atoms. The molecule has 0 aliphatic heterocycles. The molecule has 2 heterocycles. The molecule has 1 aliphatic carbocycles. The Hall–Kier alpha value is -1.75. The molecule has 0 aromatic carbocycles. The van der Waals surface area contributed by atoms with Crippen molar-refractivity contribution in [2.45, 2.75) is 58.5 Å². The van der Waals surface area contributed by atoms with Gasteiger partial charge in [-0.1, -0.05) is 6.42 Å². The average Bonchev–Trinajstić information content (AvgIpc) is 2.93. The topological polar surface area (TPSA) is 52.1 Å². The summed E-state index contributed by atoms with van der Waals surface area (Å²) in [7, 11) is 0. The lowest BCUT2D eigenvalue weighted by molar-refractivity contribution is 0.0986. The van der Waals surface area contributed by atoms with E-state index in [4.69, 9.17) is 4.74 Å². The van der Waals surface area contributed by atoms with E-state index in [9.17, 15) is 4.79 Å². The molecule has 0 bridgehead atoms. The number of aryl methyl sites for hydroxylation is 2. The highest BCUT2D eigenvalue weighted by Gasteiger charge is 2.17. The monoisotopic (exact) mass is 330 g/mol. The lowest BCUT2D eigenvalue weighted by atomic mass is 9.98. The SMILES string of the molecule is Cc1cc(OC2CCCCC2)cc(C(=O)Cc2nc(C)cs2)n1. The Kier molecular flexibility index (Phi) is 5.06. The van der Waals surface area contributed by atoms with E-state index in [2.05, 4.69) is 9.97 Å². The first-order valence-electron chi connectivity index (χ1n) is 8.20. The molecule has 1 aliphatic rings. The first kappa shape index (κ1) is 16.1. The van der Waals surface area contributed by atoms with Gasteiger partial charge in [-0.05, 0) is 39.5 Å². The third-order valence-corrected chi connectivity index (χ3v) is 5.01. The Morgan fingerprint density at radius 1 is 1.17 bits per heavy atom. The van der Waals surface area contributed by atoms with Crippen LogP contribution in [0.2, 0.25) is 0 Å². The number of carbonyl (C=O) groups is 1. The van der Waals surface area contributed by atoms with Crippen LogP contribution < -0.4 is 4.74 Å². The third-order valence-electron chi connectivity index (χ3n) is 4.05. The van der Waals surface area contributed by atoms with E-state index in [1.807, 2.05) is 25.3 Å². The first-order chi connectivity index (χ1) is 11.1. The van der Waals surface area contributed by atoms with E-state index in [1.165, 1.54) is 30.6 Å². The molecule has 0 radical (unpaired) electrons. The van der Waals surface area contributed by atoms with Crippen LogP contribution in [0.1, 0.15) is 59.0 Å². The molecule has 1 fully saturated rings. The summed E-state index contributed by atoms with van der Waals surface area (Å²) in [5.74, 6) is 0.764. The highest BCUT2D eigenvalue weighted by Crippen LogP contribution is 2.24. The summed E-state index contributed by atoms with van der Waals surface area (Å²) in [5.41, 5.74) is 2.25. The zero-order valence-electron chi connectivity index (χ0n) is 13.7. The van der Waals surface area contributed by atoms with Crippen molar-refractivity contribution in [1.29, 1.82) is 0 Å². The maximum Gasteiger partial charge on any atom is 0.188 e. The van der Waals surface area contributed by atoms with Gasteiger partial charge in [0.1, 0.15) is 16.5 Å². The number of thiazole rings is 1. The van der Waals surface area contributed by atoms with Gasteiger partial charge in [0.15, 0.2) is 5.78 Å². The Bertz CT molecular complexity index is 690. The highest BCUT2D eigenvalue weighted by molar-refractivity contribution is 7.09. The van der Waals surface area contributed by atoms with E-state index >= 15 is 0 Å². The molecule has 5 heteroatoms. The van der Waals surface area contributed by atoms with Crippen molar-refractivity contribution in [2.75, 3.05) is 0 Å². The number of hydrogen-bond acceptors (Lipinski definition) is 5. The Morgan fingerprint density at radius 2 is 1.96 bits per heavy atom. The van der Waals surface area contributed by atoms with Crippen LogP contribution in [0.3, 0.4) is 0 Å². The number of pyridine rings is 1. The Labute approximate surface area is 140 Å². The van der Waals surface area contributed by atoms with Crippen molar-refractivity contribution in [3.63, 3.8) is 0 Å². The Balaban J connectivity index is 1.72. The van der Waals surface area contributed by atoms with Gasteiger partial charge in [0, 0.05) is 28.9 Å². The summed E-state index contributed by atoms with van der Waals surface area (Å²) >= 11 is 1.52. The van der Waals surface area contributed by atoms with Gasteiger partial charge >= 0.3 is 0 Å². The maximum absolute atomic E-state index is 12.5. The highest BCUT2D eigenvalue weighted by atomic mass is 32.1. The number of aromatic nitrogens is 2. The fourth-order valence-electron chi connectivity index (χ4n) is 2.93. The fourth-order valence-corrected chi connectivity index (χ4v) is 3.71. The van der Waals surface area contributed by atoms with Gasteiger partial charge in [0.25, 0.3) is 0 Å². The van der Waals surface area contributed by atoms with Crippen LogP contribution in [0.15, 0.2) is 17.5 Å². The average molecular weight is 330 g/mol. The van der Waals surface area contributed by atoms with Crippen LogP contribution >= 0.6 is 11.3 Å². The minimum Gasteiger partial charge on any atom is -0.490 e. The minimum absolute atomic E-state index is 0.00320. The molecule has 2 aromatic rings. The summed E-state index contributed by atoms with van der Waals surface area (Å²) in [4.78, 5) is 21.2. The quantitative estimate of drug-likeness (QED) is 0.767.